The van der Waals surface area contributed by atoms with Gasteiger partial charge in [0.25, 0.3) is 0 Å². The highest BCUT2D eigenvalue weighted by atomic mass is 32.2. The van der Waals surface area contributed by atoms with Gasteiger partial charge in [-0.15, -0.1) is 11.8 Å². The lowest BCUT2D eigenvalue weighted by molar-refractivity contribution is -0.118. The molecule has 0 fully saturated rings. The van der Waals surface area contributed by atoms with Gasteiger partial charge in [0.05, 0.1) is 6.10 Å². The van der Waals surface area contributed by atoms with Crippen LogP contribution in [0.1, 0.15) is 59.7 Å². The molecule has 0 aromatic heterocycles. The fourth-order valence-corrected chi connectivity index (χ4v) is 6.31. The Morgan fingerprint density at radius 1 is 0.786 bits per heavy atom. The molecule has 1 aliphatic heterocycles. The van der Waals surface area contributed by atoms with Crippen LogP contribution in [0.4, 0.5) is 0 Å². The Hall–Kier alpha value is -4.03. The molecule has 2 unspecified atom stereocenters. The molecule has 0 radical (unpaired) electrons. The summed E-state index contributed by atoms with van der Waals surface area (Å²) in [4.78, 5) is 28.3. The quantitative estimate of drug-likeness (QED) is 0.196. The summed E-state index contributed by atoms with van der Waals surface area (Å²) in [6.07, 6.45) is 2.69. The first-order chi connectivity index (χ1) is 20.5. The van der Waals surface area contributed by atoms with E-state index in [9.17, 15) is 9.59 Å². The lowest BCUT2D eigenvalue weighted by Crippen LogP contribution is -2.21. The molecule has 6 heteroatoms. The van der Waals surface area contributed by atoms with Crippen molar-refractivity contribution in [1.82, 2.24) is 0 Å². The van der Waals surface area contributed by atoms with Crippen LogP contribution in [0.2, 0.25) is 0 Å². The molecule has 0 saturated heterocycles. The van der Waals surface area contributed by atoms with Crippen molar-refractivity contribution >= 4 is 23.5 Å². The van der Waals surface area contributed by atoms with Gasteiger partial charge in [0.1, 0.15) is 36.1 Å². The zero-order valence-electron chi connectivity index (χ0n) is 23.9. The van der Waals surface area contributed by atoms with E-state index < -0.39 is 5.97 Å². The van der Waals surface area contributed by atoms with E-state index in [0.29, 0.717) is 35.7 Å². The summed E-state index contributed by atoms with van der Waals surface area (Å²) in [6.45, 7) is 2.54. The summed E-state index contributed by atoms with van der Waals surface area (Å²) in [5.74, 6) is 0.493. The standard InChI is InChI=1S/C36H36O5S/c1-26-12-11-19-33(42-32-17-9-4-10-18-32)22-30(37)20-29-21-31(39-24-27-13-5-2-6-14-27)23-34(35(29)36(38)41-26)40-25-28-15-7-3-8-16-28/h2-10,13-18,21,23,26,33H,11-12,19-20,22,24-25H2,1H3. The van der Waals surface area contributed by atoms with Crippen LogP contribution < -0.4 is 9.47 Å². The zero-order valence-corrected chi connectivity index (χ0v) is 24.7. The van der Waals surface area contributed by atoms with Gasteiger partial charge in [-0.1, -0.05) is 78.9 Å². The predicted octanol–water partition coefficient (Wildman–Crippen LogP) is 8.24. The minimum Gasteiger partial charge on any atom is -0.489 e. The van der Waals surface area contributed by atoms with Crippen molar-refractivity contribution in [3.63, 3.8) is 0 Å². The van der Waals surface area contributed by atoms with E-state index in [2.05, 4.69) is 12.1 Å². The minimum absolute atomic E-state index is 0.0697. The van der Waals surface area contributed by atoms with Crippen LogP contribution in [-0.4, -0.2) is 23.1 Å². The van der Waals surface area contributed by atoms with Crippen molar-refractivity contribution in [2.75, 3.05) is 0 Å². The highest BCUT2D eigenvalue weighted by molar-refractivity contribution is 8.00. The van der Waals surface area contributed by atoms with Crippen LogP contribution in [0, 0.1) is 0 Å². The summed E-state index contributed by atoms with van der Waals surface area (Å²) in [5.41, 5.74) is 2.84. The smallest absolute Gasteiger partial charge is 0.342 e. The molecule has 0 N–H and O–H groups in total. The van der Waals surface area contributed by atoms with Crippen molar-refractivity contribution in [1.29, 1.82) is 0 Å². The van der Waals surface area contributed by atoms with E-state index in [4.69, 9.17) is 14.2 Å². The van der Waals surface area contributed by atoms with E-state index in [0.717, 1.165) is 35.3 Å². The van der Waals surface area contributed by atoms with Crippen LogP contribution in [0.25, 0.3) is 0 Å². The molecule has 2 atom stereocenters. The zero-order chi connectivity index (χ0) is 29.1. The van der Waals surface area contributed by atoms with Crippen molar-refractivity contribution < 1.29 is 23.8 Å². The first-order valence-electron chi connectivity index (χ1n) is 14.5. The van der Waals surface area contributed by atoms with E-state index in [1.165, 1.54) is 0 Å². The average molecular weight is 581 g/mol. The van der Waals surface area contributed by atoms with Gasteiger partial charge < -0.3 is 14.2 Å². The van der Waals surface area contributed by atoms with Gasteiger partial charge in [-0.2, -0.15) is 0 Å². The molecule has 4 aromatic carbocycles. The molecule has 5 rings (SSSR count). The molecule has 0 bridgehead atoms. The molecule has 0 amide bonds. The van der Waals surface area contributed by atoms with Crippen molar-refractivity contribution in [3.05, 3.63) is 125 Å². The third-order valence-corrected chi connectivity index (χ3v) is 8.46. The molecule has 0 spiro atoms. The van der Waals surface area contributed by atoms with Crippen LogP contribution in [0.5, 0.6) is 11.5 Å². The maximum atomic E-state index is 13.6. The summed E-state index contributed by atoms with van der Waals surface area (Å²) in [7, 11) is 0. The number of hydrogen-bond acceptors (Lipinski definition) is 6. The number of benzene rings is 4. The first kappa shape index (κ1) is 29.5. The lowest BCUT2D eigenvalue weighted by Gasteiger charge is -2.22. The summed E-state index contributed by atoms with van der Waals surface area (Å²) in [6, 6.07) is 33.4. The molecule has 216 valence electrons. The number of ketones is 1. The van der Waals surface area contributed by atoms with E-state index >= 15 is 0 Å². The minimum atomic E-state index is -0.473. The monoisotopic (exact) mass is 580 g/mol. The van der Waals surface area contributed by atoms with E-state index in [-0.39, 0.29) is 30.2 Å². The molecule has 1 aliphatic rings. The van der Waals surface area contributed by atoms with Crippen LogP contribution in [0.15, 0.2) is 108 Å². The number of Topliss-reactive ketones (excluding diaryl/α,β-unsaturated/α-hetero) is 1. The van der Waals surface area contributed by atoms with Gasteiger partial charge >= 0.3 is 5.97 Å². The number of rotatable bonds is 8. The van der Waals surface area contributed by atoms with Gasteiger partial charge in [-0.25, -0.2) is 4.79 Å². The summed E-state index contributed by atoms with van der Waals surface area (Å²) >= 11 is 1.74. The number of esters is 1. The predicted molar refractivity (Wildman–Crippen MR) is 166 cm³/mol. The Kier molecular flexibility index (Phi) is 10.3. The fourth-order valence-electron chi connectivity index (χ4n) is 5.06. The van der Waals surface area contributed by atoms with Gasteiger partial charge in [0.2, 0.25) is 0 Å². The number of fused-ring (bicyclic) bond motifs is 1. The lowest BCUT2D eigenvalue weighted by atomic mass is 9.97. The fraction of sp³-hybridized carbons (Fsp3) is 0.278. The first-order valence-corrected chi connectivity index (χ1v) is 15.4. The number of ether oxygens (including phenoxy) is 3. The van der Waals surface area contributed by atoms with Gasteiger partial charge in [-0.05, 0) is 61.1 Å². The highest BCUT2D eigenvalue weighted by Gasteiger charge is 2.27. The van der Waals surface area contributed by atoms with Crippen molar-refractivity contribution in [2.24, 2.45) is 0 Å². The highest BCUT2D eigenvalue weighted by Crippen LogP contribution is 2.35. The number of carbonyl (C=O) groups excluding carboxylic acids is 2. The number of thioether (sulfide) groups is 1. The number of hydrogen-bond donors (Lipinski definition) is 0. The van der Waals surface area contributed by atoms with Crippen LogP contribution in [-0.2, 0) is 29.2 Å². The Labute approximate surface area is 252 Å². The average Bonchev–Trinajstić information content (AvgIpc) is 2.99. The largest absolute Gasteiger partial charge is 0.489 e. The number of cyclic esters (lactones) is 1. The van der Waals surface area contributed by atoms with E-state index in [1.54, 1.807) is 23.9 Å². The molecule has 0 aliphatic carbocycles. The van der Waals surface area contributed by atoms with Crippen molar-refractivity contribution in [2.45, 2.75) is 68.5 Å². The molecule has 42 heavy (non-hydrogen) atoms. The van der Waals surface area contributed by atoms with Gasteiger partial charge in [-0.3, -0.25) is 4.79 Å². The molecular formula is C36H36O5S. The molecule has 1 heterocycles. The third-order valence-electron chi connectivity index (χ3n) is 7.18. The van der Waals surface area contributed by atoms with Crippen molar-refractivity contribution in [3.8, 4) is 11.5 Å². The molecule has 4 aromatic rings. The molecule has 0 saturated carbocycles. The topological polar surface area (TPSA) is 61.8 Å². The van der Waals surface area contributed by atoms with Crippen LogP contribution >= 0.6 is 11.8 Å². The maximum absolute atomic E-state index is 13.6. The molecular weight excluding hydrogens is 544 g/mol. The second-order valence-corrected chi connectivity index (χ2v) is 12.0. The Morgan fingerprint density at radius 2 is 1.40 bits per heavy atom. The third kappa shape index (κ3) is 8.49. The second kappa shape index (κ2) is 14.7. The Morgan fingerprint density at radius 3 is 2.07 bits per heavy atom. The number of carbonyl (C=O) groups is 2. The Bertz CT molecular complexity index is 1460. The SMILES string of the molecule is CC1CCCC(Sc2ccccc2)CC(=O)Cc2cc(OCc3ccccc3)cc(OCc3ccccc3)c2C(=O)O1. The van der Waals surface area contributed by atoms with E-state index in [1.807, 2.05) is 85.8 Å². The Balaban J connectivity index is 1.47. The second-order valence-electron chi connectivity index (χ2n) is 10.6. The molecule has 5 nitrogen and oxygen atoms in total. The van der Waals surface area contributed by atoms with Crippen LogP contribution in [0.3, 0.4) is 0 Å². The summed E-state index contributed by atoms with van der Waals surface area (Å²) in [5, 5.41) is 0.136. The maximum Gasteiger partial charge on any atom is 0.342 e. The summed E-state index contributed by atoms with van der Waals surface area (Å²) < 4.78 is 18.3. The van der Waals surface area contributed by atoms with Gasteiger partial charge in [0, 0.05) is 29.1 Å². The normalized spacial score (nSPS) is 17.7. The van der Waals surface area contributed by atoms with Gasteiger partial charge in [0.15, 0.2) is 0 Å².